The van der Waals surface area contributed by atoms with Gasteiger partial charge in [0.2, 0.25) is 0 Å². The highest BCUT2D eigenvalue weighted by atomic mass is 127. The van der Waals surface area contributed by atoms with E-state index >= 15 is 0 Å². The Balaban J connectivity index is 2.61. The van der Waals surface area contributed by atoms with Gasteiger partial charge >= 0.3 is 0 Å². The maximum atomic E-state index is 11.6. The highest BCUT2D eigenvalue weighted by Crippen LogP contribution is 2.18. The molecular weight excluding hydrogens is 385 g/mol. The molecule has 0 atom stereocenters. The van der Waals surface area contributed by atoms with E-state index in [1.807, 2.05) is 35.6 Å². The molecule has 16 heavy (non-hydrogen) atoms. The summed E-state index contributed by atoms with van der Waals surface area (Å²) in [6, 6.07) is 1.86. The van der Waals surface area contributed by atoms with Crippen LogP contribution < -0.4 is 5.56 Å². The predicted molar refractivity (Wildman–Crippen MR) is 73.2 cm³/mol. The Hall–Kier alpha value is -0.760. The Kier molecular flexibility index (Phi) is 3.38. The number of aromatic nitrogens is 3. The zero-order valence-corrected chi connectivity index (χ0v) is 12.0. The normalized spacial score (nSPS) is 10.4. The zero-order chi connectivity index (χ0) is 11.7. The Morgan fingerprint density at radius 2 is 2.19 bits per heavy atom. The van der Waals surface area contributed by atoms with E-state index in [0.717, 1.165) is 15.7 Å². The molecule has 2 aromatic rings. The highest BCUT2D eigenvalue weighted by molar-refractivity contribution is 14.1. The molecule has 0 amide bonds. The van der Waals surface area contributed by atoms with Crippen LogP contribution in [0.3, 0.4) is 0 Å². The van der Waals surface area contributed by atoms with Crippen LogP contribution in [-0.2, 0) is 0 Å². The molecule has 0 spiro atoms. The third-order valence-electron chi connectivity index (χ3n) is 2.01. The molecule has 0 bridgehead atoms. The lowest BCUT2D eigenvalue weighted by atomic mass is 10.2. The standard InChI is InChI=1S/C10H7BrIN3O/c1-5-8(12)10(16)15-9(14-5)6-2-7(11)4-13-3-6/h2-4H,1H3,(H,14,15,16). The number of aromatic amines is 1. The lowest BCUT2D eigenvalue weighted by Crippen LogP contribution is -2.14. The number of pyridine rings is 1. The minimum absolute atomic E-state index is 0.122. The average Bonchev–Trinajstić information content (AvgIpc) is 2.25. The van der Waals surface area contributed by atoms with Crippen LogP contribution in [0.2, 0.25) is 0 Å². The molecule has 0 aromatic carbocycles. The number of rotatable bonds is 1. The number of nitrogens with zero attached hydrogens (tertiary/aromatic N) is 2. The summed E-state index contributed by atoms with van der Waals surface area (Å²) >= 11 is 5.31. The van der Waals surface area contributed by atoms with Crippen molar-refractivity contribution in [1.82, 2.24) is 15.0 Å². The fourth-order valence-electron chi connectivity index (χ4n) is 1.25. The molecule has 4 nitrogen and oxygen atoms in total. The van der Waals surface area contributed by atoms with Crippen LogP contribution in [0.15, 0.2) is 27.7 Å². The van der Waals surface area contributed by atoms with Gasteiger partial charge in [-0.2, -0.15) is 0 Å². The molecule has 0 aliphatic heterocycles. The Morgan fingerprint density at radius 1 is 1.44 bits per heavy atom. The third-order valence-corrected chi connectivity index (χ3v) is 3.71. The molecule has 6 heteroatoms. The molecule has 0 radical (unpaired) electrons. The number of H-pyrrole nitrogens is 1. The molecule has 2 rings (SSSR count). The van der Waals surface area contributed by atoms with E-state index in [0.29, 0.717) is 9.39 Å². The second kappa shape index (κ2) is 4.62. The molecular formula is C10H7BrIN3O. The second-order valence-electron chi connectivity index (χ2n) is 3.21. The van der Waals surface area contributed by atoms with Gasteiger partial charge in [-0.25, -0.2) is 4.98 Å². The number of halogens is 2. The Morgan fingerprint density at radius 3 is 2.81 bits per heavy atom. The first-order valence-electron chi connectivity index (χ1n) is 4.45. The van der Waals surface area contributed by atoms with Gasteiger partial charge in [-0.15, -0.1) is 0 Å². The van der Waals surface area contributed by atoms with Crippen molar-refractivity contribution < 1.29 is 0 Å². The van der Waals surface area contributed by atoms with Gasteiger partial charge in [0.15, 0.2) is 0 Å². The van der Waals surface area contributed by atoms with Gasteiger partial charge in [0, 0.05) is 22.4 Å². The van der Waals surface area contributed by atoms with Crippen LogP contribution in [0, 0.1) is 10.5 Å². The maximum Gasteiger partial charge on any atom is 0.264 e. The zero-order valence-electron chi connectivity index (χ0n) is 8.29. The molecule has 0 saturated carbocycles. The first-order valence-corrected chi connectivity index (χ1v) is 6.32. The topological polar surface area (TPSA) is 58.6 Å². The van der Waals surface area contributed by atoms with Gasteiger partial charge in [0.25, 0.3) is 5.56 Å². The van der Waals surface area contributed by atoms with Gasteiger partial charge in [0.1, 0.15) is 5.82 Å². The number of nitrogens with one attached hydrogen (secondary N) is 1. The molecule has 82 valence electrons. The fraction of sp³-hybridized carbons (Fsp3) is 0.100. The minimum Gasteiger partial charge on any atom is -0.306 e. The number of aryl methyl sites for hydroxylation is 1. The van der Waals surface area contributed by atoms with E-state index < -0.39 is 0 Å². The van der Waals surface area contributed by atoms with E-state index in [4.69, 9.17) is 0 Å². The molecule has 2 heterocycles. The van der Waals surface area contributed by atoms with Crippen molar-refractivity contribution in [2.75, 3.05) is 0 Å². The quantitative estimate of drug-likeness (QED) is 0.760. The van der Waals surface area contributed by atoms with Crippen LogP contribution >= 0.6 is 38.5 Å². The monoisotopic (exact) mass is 391 g/mol. The van der Waals surface area contributed by atoms with Crippen molar-refractivity contribution in [3.63, 3.8) is 0 Å². The lowest BCUT2D eigenvalue weighted by molar-refractivity contribution is 1.05. The minimum atomic E-state index is -0.122. The van der Waals surface area contributed by atoms with Crippen molar-refractivity contribution in [1.29, 1.82) is 0 Å². The maximum absolute atomic E-state index is 11.6. The van der Waals surface area contributed by atoms with Crippen LogP contribution in [0.1, 0.15) is 5.69 Å². The molecule has 0 aliphatic carbocycles. The van der Waals surface area contributed by atoms with Gasteiger partial charge in [-0.3, -0.25) is 9.78 Å². The van der Waals surface area contributed by atoms with Gasteiger partial charge < -0.3 is 4.98 Å². The Bertz CT molecular complexity index is 597. The molecule has 0 aliphatic rings. The summed E-state index contributed by atoms with van der Waals surface area (Å²) < 4.78 is 1.47. The predicted octanol–water partition coefficient (Wildman–Crippen LogP) is 2.51. The van der Waals surface area contributed by atoms with E-state index in [1.165, 1.54) is 0 Å². The first-order chi connectivity index (χ1) is 7.58. The van der Waals surface area contributed by atoms with E-state index in [-0.39, 0.29) is 5.56 Å². The summed E-state index contributed by atoms with van der Waals surface area (Å²) in [4.78, 5) is 22.7. The van der Waals surface area contributed by atoms with Crippen LogP contribution in [0.5, 0.6) is 0 Å². The lowest BCUT2D eigenvalue weighted by Gasteiger charge is -2.03. The van der Waals surface area contributed by atoms with Crippen molar-refractivity contribution in [3.8, 4) is 11.4 Å². The molecule has 0 unspecified atom stereocenters. The SMILES string of the molecule is Cc1nc(-c2cncc(Br)c2)[nH]c(=O)c1I. The molecule has 1 N–H and O–H groups in total. The first kappa shape index (κ1) is 11.7. The van der Waals surface area contributed by atoms with Crippen LogP contribution in [0.25, 0.3) is 11.4 Å². The van der Waals surface area contributed by atoms with E-state index in [1.54, 1.807) is 12.4 Å². The van der Waals surface area contributed by atoms with Crippen molar-refractivity contribution >= 4 is 38.5 Å². The fourth-order valence-corrected chi connectivity index (χ4v) is 1.87. The van der Waals surface area contributed by atoms with Crippen molar-refractivity contribution in [3.05, 3.63) is 42.6 Å². The van der Waals surface area contributed by atoms with Crippen molar-refractivity contribution in [2.24, 2.45) is 0 Å². The summed E-state index contributed by atoms with van der Waals surface area (Å²) in [5.41, 5.74) is 1.38. The van der Waals surface area contributed by atoms with Crippen molar-refractivity contribution in [2.45, 2.75) is 6.92 Å². The Labute approximate surface area is 114 Å². The number of hydrogen-bond donors (Lipinski definition) is 1. The second-order valence-corrected chi connectivity index (χ2v) is 5.20. The highest BCUT2D eigenvalue weighted by Gasteiger charge is 2.07. The van der Waals surface area contributed by atoms with Gasteiger partial charge in [0.05, 0.1) is 9.26 Å². The largest absolute Gasteiger partial charge is 0.306 e. The number of hydrogen-bond acceptors (Lipinski definition) is 3. The summed E-state index contributed by atoms with van der Waals surface area (Å²) in [6.45, 7) is 1.81. The van der Waals surface area contributed by atoms with E-state index in [2.05, 4.69) is 30.9 Å². The molecule has 0 fully saturated rings. The average molecular weight is 392 g/mol. The van der Waals surface area contributed by atoms with Crippen LogP contribution in [-0.4, -0.2) is 15.0 Å². The molecule has 0 saturated heterocycles. The van der Waals surface area contributed by atoms with E-state index in [9.17, 15) is 4.79 Å². The molecule has 2 aromatic heterocycles. The summed E-state index contributed by atoms with van der Waals surface area (Å²) in [5, 5.41) is 0. The third kappa shape index (κ3) is 2.32. The summed E-state index contributed by atoms with van der Waals surface area (Å²) in [7, 11) is 0. The van der Waals surface area contributed by atoms with Gasteiger partial charge in [-0.1, -0.05) is 0 Å². The smallest absolute Gasteiger partial charge is 0.264 e. The van der Waals surface area contributed by atoms with Gasteiger partial charge in [-0.05, 0) is 51.5 Å². The van der Waals surface area contributed by atoms with Crippen LogP contribution in [0.4, 0.5) is 0 Å². The summed E-state index contributed by atoms with van der Waals surface area (Å²) in [5.74, 6) is 0.539. The summed E-state index contributed by atoms with van der Waals surface area (Å²) in [6.07, 6.45) is 3.34.